The molecule has 2 aromatic carbocycles. The Morgan fingerprint density at radius 3 is 2.65 bits per heavy atom. The number of hydrogen-bond donors (Lipinski definition) is 2. The van der Waals surface area contributed by atoms with E-state index >= 15 is 0 Å². The Kier molecular flexibility index (Phi) is 4.34. The van der Waals surface area contributed by atoms with Crippen LogP contribution in [0.5, 0.6) is 0 Å². The maximum Gasteiger partial charge on any atom is 0.251 e. The molecular formula is C14H11BrF2N2O. The molecule has 2 aromatic rings. The number of nitrogens with one attached hydrogen (secondary N) is 1. The van der Waals surface area contributed by atoms with Crippen molar-refractivity contribution in [2.45, 2.75) is 6.54 Å². The van der Waals surface area contributed by atoms with Crippen molar-refractivity contribution in [1.29, 1.82) is 0 Å². The second-order valence-corrected chi connectivity index (χ2v) is 5.11. The Balaban J connectivity index is 2.10. The van der Waals surface area contributed by atoms with Crippen molar-refractivity contribution in [1.82, 2.24) is 5.32 Å². The summed E-state index contributed by atoms with van der Waals surface area (Å²) in [5, 5.41) is 2.52. The van der Waals surface area contributed by atoms with E-state index in [0.29, 0.717) is 15.7 Å². The molecule has 0 spiro atoms. The molecule has 0 aliphatic rings. The molecular weight excluding hydrogens is 330 g/mol. The van der Waals surface area contributed by atoms with Gasteiger partial charge in [-0.15, -0.1) is 0 Å². The zero-order valence-corrected chi connectivity index (χ0v) is 11.9. The molecule has 0 bridgehead atoms. The summed E-state index contributed by atoms with van der Waals surface area (Å²) in [6.45, 7) is -0.102. The molecule has 6 heteroatoms. The minimum atomic E-state index is -0.569. The number of carbonyl (C=O) groups is 1. The lowest BCUT2D eigenvalue weighted by molar-refractivity contribution is 0.0950. The highest BCUT2D eigenvalue weighted by Crippen LogP contribution is 2.17. The zero-order chi connectivity index (χ0) is 14.7. The SMILES string of the molecule is Nc1cc(Br)cc(C(=O)NCc2cc(F)ccc2F)c1. The van der Waals surface area contributed by atoms with Crippen molar-refractivity contribution in [2.24, 2.45) is 0 Å². The van der Waals surface area contributed by atoms with E-state index in [4.69, 9.17) is 5.73 Å². The van der Waals surface area contributed by atoms with Crippen molar-refractivity contribution in [2.75, 3.05) is 5.73 Å². The Hall–Kier alpha value is -1.95. The maximum atomic E-state index is 13.4. The van der Waals surface area contributed by atoms with Gasteiger partial charge in [0.1, 0.15) is 11.6 Å². The summed E-state index contributed by atoms with van der Waals surface area (Å²) >= 11 is 3.23. The second-order valence-electron chi connectivity index (χ2n) is 4.19. The van der Waals surface area contributed by atoms with E-state index in [2.05, 4.69) is 21.2 Å². The molecule has 0 atom stereocenters. The first-order valence-corrected chi connectivity index (χ1v) is 6.53. The van der Waals surface area contributed by atoms with Crippen LogP contribution in [0, 0.1) is 11.6 Å². The number of nitrogen functional groups attached to an aromatic ring is 1. The highest BCUT2D eigenvalue weighted by molar-refractivity contribution is 9.10. The van der Waals surface area contributed by atoms with Crippen molar-refractivity contribution in [3.05, 3.63) is 63.6 Å². The van der Waals surface area contributed by atoms with E-state index in [0.717, 1.165) is 18.2 Å². The van der Waals surface area contributed by atoms with Gasteiger partial charge >= 0.3 is 0 Å². The summed E-state index contributed by atoms with van der Waals surface area (Å²) in [5.41, 5.74) is 6.49. The predicted molar refractivity (Wildman–Crippen MR) is 76.1 cm³/mol. The maximum absolute atomic E-state index is 13.4. The van der Waals surface area contributed by atoms with Gasteiger partial charge in [-0.3, -0.25) is 4.79 Å². The van der Waals surface area contributed by atoms with Crippen molar-refractivity contribution < 1.29 is 13.6 Å². The smallest absolute Gasteiger partial charge is 0.251 e. The number of benzene rings is 2. The van der Waals surface area contributed by atoms with Crippen LogP contribution in [0.4, 0.5) is 14.5 Å². The molecule has 104 valence electrons. The van der Waals surface area contributed by atoms with Crippen LogP contribution in [0.25, 0.3) is 0 Å². The molecule has 20 heavy (non-hydrogen) atoms. The van der Waals surface area contributed by atoms with Crippen LogP contribution in [0.2, 0.25) is 0 Å². The fourth-order valence-corrected chi connectivity index (χ4v) is 2.21. The lowest BCUT2D eigenvalue weighted by atomic mass is 10.1. The van der Waals surface area contributed by atoms with Gasteiger partial charge in [-0.2, -0.15) is 0 Å². The summed E-state index contributed by atoms with van der Waals surface area (Å²) in [6, 6.07) is 7.84. The Morgan fingerprint density at radius 2 is 1.95 bits per heavy atom. The van der Waals surface area contributed by atoms with E-state index in [1.54, 1.807) is 12.1 Å². The number of halogens is 3. The largest absolute Gasteiger partial charge is 0.399 e. The van der Waals surface area contributed by atoms with Gasteiger partial charge in [0, 0.05) is 27.8 Å². The highest BCUT2D eigenvalue weighted by atomic mass is 79.9. The normalized spacial score (nSPS) is 10.3. The molecule has 0 saturated carbocycles. The predicted octanol–water partition coefficient (Wildman–Crippen LogP) is 3.24. The summed E-state index contributed by atoms with van der Waals surface area (Å²) < 4.78 is 27.1. The molecule has 2 rings (SSSR count). The third kappa shape index (κ3) is 3.54. The number of rotatable bonds is 3. The summed E-state index contributed by atoms with van der Waals surface area (Å²) in [7, 11) is 0. The van der Waals surface area contributed by atoms with Crippen LogP contribution in [-0.4, -0.2) is 5.91 Å². The van der Waals surface area contributed by atoms with E-state index in [1.165, 1.54) is 6.07 Å². The molecule has 0 aliphatic carbocycles. The third-order valence-corrected chi connectivity index (χ3v) is 3.09. The van der Waals surface area contributed by atoms with Gasteiger partial charge in [-0.05, 0) is 36.4 Å². The fraction of sp³-hybridized carbons (Fsp3) is 0.0714. The van der Waals surface area contributed by atoms with Gasteiger partial charge < -0.3 is 11.1 Å². The first-order chi connectivity index (χ1) is 9.45. The van der Waals surface area contributed by atoms with Crippen molar-refractivity contribution in [3.63, 3.8) is 0 Å². The number of carbonyl (C=O) groups excluding carboxylic acids is 1. The van der Waals surface area contributed by atoms with Gasteiger partial charge in [0.2, 0.25) is 0 Å². The molecule has 1 amide bonds. The van der Waals surface area contributed by atoms with Crippen molar-refractivity contribution >= 4 is 27.5 Å². The highest BCUT2D eigenvalue weighted by Gasteiger charge is 2.09. The van der Waals surface area contributed by atoms with Gasteiger partial charge in [0.05, 0.1) is 0 Å². The number of amides is 1. The van der Waals surface area contributed by atoms with Crippen LogP contribution in [0.3, 0.4) is 0 Å². The fourth-order valence-electron chi connectivity index (χ4n) is 1.70. The molecule has 0 saturated heterocycles. The van der Waals surface area contributed by atoms with E-state index < -0.39 is 17.5 Å². The second kappa shape index (κ2) is 6.00. The molecule has 3 N–H and O–H groups in total. The summed E-state index contributed by atoms with van der Waals surface area (Å²) in [4.78, 5) is 11.9. The van der Waals surface area contributed by atoms with Gasteiger partial charge in [0.25, 0.3) is 5.91 Å². The zero-order valence-electron chi connectivity index (χ0n) is 10.3. The standard InChI is InChI=1S/C14H11BrF2N2O/c15-10-3-8(5-12(18)6-10)14(20)19-7-9-4-11(16)1-2-13(9)17/h1-6H,7,18H2,(H,19,20). The van der Waals surface area contributed by atoms with E-state index in [9.17, 15) is 13.6 Å². The number of nitrogens with two attached hydrogens (primary N) is 1. The first kappa shape index (κ1) is 14.5. The Labute approximate surface area is 122 Å². The van der Waals surface area contributed by atoms with Crippen LogP contribution in [-0.2, 0) is 6.54 Å². The first-order valence-electron chi connectivity index (χ1n) is 5.74. The van der Waals surface area contributed by atoms with Crippen molar-refractivity contribution in [3.8, 4) is 0 Å². The summed E-state index contributed by atoms with van der Waals surface area (Å²) in [5.74, 6) is -1.54. The topological polar surface area (TPSA) is 55.1 Å². The molecule has 0 heterocycles. The van der Waals surface area contributed by atoms with Gasteiger partial charge in [-0.1, -0.05) is 15.9 Å². The lowest BCUT2D eigenvalue weighted by Gasteiger charge is -2.07. The molecule has 3 nitrogen and oxygen atoms in total. The van der Waals surface area contributed by atoms with Gasteiger partial charge in [0.15, 0.2) is 0 Å². The van der Waals surface area contributed by atoms with Crippen LogP contribution in [0.15, 0.2) is 40.9 Å². The van der Waals surface area contributed by atoms with Crippen LogP contribution in [0.1, 0.15) is 15.9 Å². The van der Waals surface area contributed by atoms with Gasteiger partial charge in [-0.25, -0.2) is 8.78 Å². The monoisotopic (exact) mass is 340 g/mol. The summed E-state index contributed by atoms with van der Waals surface area (Å²) in [6.07, 6.45) is 0. The minimum absolute atomic E-state index is 0.0846. The van der Waals surface area contributed by atoms with Crippen LogP contribution < -0.4 is 11.1 Å². The third-order valence-electron chi connectivity index (χ3n) is 2.63. The molecule has 0 aromatic heterocycles. The average molecular weight is 341 g/mol. The molecule has 0 unspecified atom stereocenters. The minimum Gasteiger partial charge on any atom is -0.399 e. The Bertz CT molecular complexity index is 641. The number of hydrogen-bond acceptors (Lipinski definition) is 2. The quantitative estimate of drug-likeness (QED) is 0.842. The van der Waals surface area contributed by atoms with E-state index in [1.807, 2.05) is 0 Å². The molecule has 0 fully saturated rings. The average Bonchev–Trinajstić information content (AvgIpc) is 2.38. The number of anilines is 1. The molecule has 0 aliphatic heterocycles. The lowest BCUT2D eigenvalue weighted by Crippen LogP contribution is -2.23. The van der Waals surface area contributed by atoms with E-state index in [-0.39, 0.29) is 12.1 Å². The van der Waals surface area contributed by atoms with Crippen LogP contribution >= 0.6 is 15.9 Å². The molecule has 0 radical (unpaired) electrons. The Morgan fingerprint density at radius 1 is 1.20 bits per heavy atom.